The van der Waals surface area contributed by atoms with Gasteiger partial charge in [0.05, 0.1) is 0 Å². The third kappa shape index (κ3) is 2.23. The largest absolute Gasteiger partial charge is 0.316 e. The quantitative estimate of drug-likeness (QED) is 0.739. The molecule has 1 aromatic carbocycles. The molecule has 0 radical (unpaired) electrons. The van der Waals surface area contributed by atoms with Gasteiger partial charge in [0.15, 0.2) is 0 Å². The van der Waals surface area contributed by atoms with Crippen molar-refractivity contribution in [1.29, 1.82) is 0 Å². The monoisotopic (exact) mass is 183 g/mol. The number of nitrogens with one attached hydrogen (secondary N) is 1. The van der Waals surface area contributed by atoms with Crippen molar-refractivity contribution in [2.45, 2.75) is 6.42 Å². The van der Waals surface area contributed by atoms with Crippen LogP contribution < -0.4 is 5.32 Å². The first kappa shape index (κ1) is 9.56. The van der Waals surface area contributed by atoms with Crippen LogP contribution in [0.2, 0.25) is 0 Å². The van der Waals surface area contributed by atoms with E-state index < -0.39 is 0 Å². The lowest BCUT2D eigenvalue weighted by molar-refractivity contribution is 0.346. The van der Waals surface area contributed by atoms with Crippen LogP contribution in [-0.2, 0) is 6.42 Å². The van der Waals surface area contributed by atoms with E-state index in [2.05, 4.69) is 35.6 Å². The van der Waals surface area contributed by atoms with Gasteiger partial charge in [-0.2, -0.15) is 0 Å². The summed E-state index contributed by atoms with van der Waals surface area (Å²) in [5, 5.41) is 3.28. The van der Waals surface area contributed by atoms with E-state index in [4.69, 9.17) is 0 Å². The average molecular weight is 184 g/mol. The first-order valence-electron chi connectivity index (χ1n) is 4.20. The highest BCUT2D eigenvalue weighted by molar-refractivity contribution is 5.85. The van der Waals surface area contributed by atoms with Gasteiger partial charge in [-0.1, -0.05) is 30.3 Å². The highest BCUT2D eigenvalue weighted by Crippen LogP contribution is 2.11. The molecular formula is C10H14ClN. The Bertz CT molecular complexity index is 219. The first-order valence-corrected chi connectivity index (χ1v) is 4.20. The minimum Gasteiger partial charge on any atom is -0.316 e. The van der Waals surface area contributed by atoms with Crippen molar-refractivity contribution in [3.05, 3.63) is 35.9 Å². The molecule has 2 heteroatoms. The highest BCUT2D eigenvalue weighted by atomic mass is 35.5. The van der Waals surface area contributed by atoms with E-state index in [1.165, 1.54) is 25.1 Å². The van der Waals surface area contributed by atoms with Crippen LogP contribution in [0.15, 0.2) is 30.3 Å². The van der Waals surface area contributed by atoms with Crippen molar-refractivity contribution < 1.29 is 0 Å². The molecule has 1 N–H and O–H groups in total. The molecule has 1 nitrogen and oxygen atoms in total. The van der Waals surface area contributed by atoms with Gasteiger partial charge in [-0.15, -0.1) is 12.4 Å². The molecule has 0 aliphatic carbocycles. The lowest BCUT2D eigenvalue weighted by Crippen LogP contribution is -2.43. The molecule has 0 saturated carbocycles. The molecule has 1 saturated heterocycles. The van der Waals surface area contributed by atoms with Gasteiger partial charge in [-0.3, -0.25) is 0 Å². The highest BCUT2D eigenvalue weighted by Gasteiger charge is 2.16. The van der Waals surface area contributed by atoms with Crippen LogP contribution in [0, 0.1) is 5.92 Å². The van der Waals surface area contributed by atoms with Crippen LogP contribution in [0.1, 0.15) is 5.56 Å². The molecule has 12 heavy (non-hydrogen) atoms. The topological polar surface area (TPSA) is 12.0 Å². The zero-order valence-corrected chi connectivity index (χ0v) is 7.81. The molecule has 66 valence electrons. The Morgan fingerprint density at radius 3 is 2.33 bits per heavy atom. The van der Waals surface area contributed by atoms with E-state index in [1.807, 2.05) is 0 Å². The molecule has 1 heterocycles. The van der Waals surface area contributed by atoms with Crippen LogP contribution in [0.4, 0.5) is 0 Å². The lowest BCUT2D eigenvalue weighted by atomic mass is 9.95. The number of benzene rings is 1. The normalized spacial score (nSPS) is 16.3. The van der Waals surface area contributed by atoms with Crippen LogP contribution in [0.25, 0.3) is 0 Å². The Balaban J connectivity index is 0.000000720. The van der Waals surface area contributed by atoms with Gasteiger partial charge in [-0.25, -0.2) is 0 Å². The van der Waals surface area contributed by atoms with Crippen LogP contribution in [0.5, 0.6) is 0 Å². The summed E-state index contributed by atoms with van der Waals surface area (Å²) in [5.41, 5.74) is 1.47. The van der Waals surface area contributed by atoms with Crippen molar-refractivity contribution in [3.63, 3.8) is 0 Å². The van der Waals surface area contributed by atoms with Crippen molar-refractivity contribution in [2.24, 2.45) is 5.92 Å². The summed E-state index contributed by atoms with van der Waals surface area (Å²) in [7, 11) is 0. The third-order valence-electron chi connectivity index (χ3n) is 2.23. The number of halogens is 1. The average Bonchev–Trinajstić information content (AvgIpc) is 1.99. The molecule has 1 fully saturated rings. The summed E-state index contributed by atoms with van der Waals surface area (Å²) in [6, 6.07) is 10.7. The Morgan fingerprint density at radius 2 is 1.83 bits per heavy atom. The SMILES string of the molecule is Cl.c1ccc(CC2CNC2)cc1. The second kappa shape index (κ2) is 4.48. The van der Waals surface area contributed by atoms with E-state index in [-0.39, 0.29) is 12.4 Å². The van der Waals surface area contributed by atoms with E-state index >= 15 is 0 Å². The fourth-order valence-corrected chi connectivity index (χ4v) is 1.44. The van der Waals surface area contributed by atoms with Gasteiger partial charge < -0.3 is 5.32 Å². The standard InChI is InChI=1S/C10H13N.ClH/c1-2-4-9(5-3-1)6-10-7-11-8-10;/h1-5,10-11H,6-8H2;1H. The van der Waals surface area contributed by atoms with E-state index in [1.54, 1.807) is 0 Å². The predicted molar refractivity (Wildman–Crippen MR) is 53.8 cm³/mol. The Kier molecular flexibility index (Phi) is 3.57. The molecule has 0 bridgehead atoms. The fraction of sp³-hybridized carbons (Fsp3) is 0.400. The maximum absolute atomic E-state index is 3.28. The number of hydrogen-bond acceptors (Lipinski definition) is 1. The lowest BCUT2D eigenvalue weighted by Gasteiger charge is -2.26. The summed E-state index contributed by atoms with van der Waals surface area (Å²) in [6.07, 6.45) is 1.24. The van der Waals surface area contributed by atoms with Gasteiger partial charge in [0.1, 0.15) is 0 Å². The summed E-state index contributed by atoms with van der Waals surface area (Å²) in [6.45, 7) is 2.41. The molecule has 1 aliphatic heterocycles. The van der Waals surface area contributed by atoms with Gasteiger partial charge in [0.25, 0.3) is 0 Å². The van der Waals surface area contributed by atoms with Crippen molar-refractivity contribution in [1.82, 2.24) is 5.32 Å². The molecule has 0 unspecified atom stereocenters. The predicted octanol–water partition coefficient (Wildman–Crippen LogP) is 1.87. The van der Waals surface area contributed by atoms with Crippen molar-refractivity contribution in [2.75, 3.05) is 13.1 Å². The van der Waals surface area contributed by atoms with Gasteiger partial charge in [0.2, 0.25) is 0 Å². The van der Waals surface area contributed by atoms with E-state index in [0.29, 0.717) is 0 Å². The Labute approximate surface area is 79.6 Å². The van der Waals surface area contributed by atoms with E-state index in [9.17, 15) is 0 Å². The molecular weight excluding hydrogens is 170 g/mol. The second-order valence-corrected chi connectivity index (χ2v) is 3.21. The molecule has 0 aromatic heterocycles. The van der Waals surface area contributed by atoms with Gasteiger partial charge >= 0.3 is 0 Å². The van der Waals surface area contributed by atoms with Crippen molar-refractivity contribution in [3.8, 4) is 0 Å². The summed E-state index contributed by atoms with van der Waals surface area (Å²) in [5.74, 6) is 0.886. The Morgan fingerprint density at radius 1 is 1.17 bits per heavy atom. The smallest absolute Gasteiger partial charge is 0.000506 e. The third-order valence-corrected chi connectivity index (χ3v) is 2.23. The molecule has 2 rings (SSSR count). The Hall–Kier alpha value is -0.530. The van der Waals surface area contributed by atoms with Gasteiger partial charge in [-0.05, 0) is 31.0 Å². The van der Waals surface area contributed by atoms with Gasteiger partial charge in [0, 0.05) is 0 Å². The minimum absolute atomic E-state index is 0. The number of rotatable bonds is 2. The summed E-state index contributed by atoms with van der Waals surface area (Å²) < 4.78 is 0. The molecule has 0 spiro atoms. The van der Waals surface area contributed by atoms with Crippen LogP contribution in [-0.4, -0.2) is 13.1 Å². The van der Waals surface area contributed by atoms with Crippen molar-refractivity contribution >= 4 is 12.4 Å². The molecule has 0 amide bonds. The maximum atomic E-state index is 3.28. The molecule has 1 aliphatic rings. The van der Waals surface area contributed by atoms with Crippen LogP contribution in [0.3, 0.4) is 0 Å². The van der Waals surface area contributed by atoms with E-state index in [0.717, 1.165) is 5.92 Å². The number of hydrogen-bond donors (Lipinski definition) is 1. The zero-order chi connectivity index (χ0) is 7.52. The van der Waals surface area contributed by atoms with Crippen LogP contribution >= 0.6 is 12.4 Å². The molecule has 1 aromatic rings. The summed E-state index contributed by atoms with van der Waals surface area (Å²) in [4.78, 5) is 0. The second-order valence-electron chi connectivity index (χ2n) is 3.21. The maximum Gasteiger partial charge on any atom is -0.000506 e. The minimum atomic E-state index is 0. The first-order chi connectivity index (χ1) is 5.45. The molecule has 0 atom stereocenters. The fourth-order valence-electron chi connectivity index (χ4n) is 1.44. The zero-order valence-electron chi connectivity index (χ0n) is 6.99. The summed E-state index contributed by atoms with van der Waals surface area (Å²) >= 11 is 0.